The van der Waals surface area contributed by atoms with Crippen molar-refractivity contribution in [3.05, 3.63) is 77.2 Å². The summed E-state index contributed by atoms with van der Waals surface area (Å²) in [5.41, 5.74) is 2.76. The van der Waals surface area contributed by atoms with Gasteiger partial charge < -0.3 is 4.90 Å². The summed E-state index contributed by atoms with van der Waals surface area (Å²) < 4.78 is 1.31. The Kier molecular flexibility index (Phi) is 4.51. The number of amides is 1. The second kappa shape index (κ2) is 7.47. The van der Waals surface area contributed by atoms with Gasteiger partial charge in [-0.2, -0.15) is 0 Å². The summed E-state index contributed by atoms with van der Waals surface area (Å²) >= 11 is 0. The molecule has 0 saturated heterocycles. The Hall–Kier alpha value is -3.94. The normalized spacial score (nSPS) is 13.3. The number of hydrogen-bond donors (Lipinski definition) is 0. The van der Waals surface area contributed by atoms with Crippen LogP contribution in [0.1, 0.15) is 12.0 Å². The van der Waals surface area contributed by atoms with Gasteiger partial charge in [-0.15, -0.1) is 0 Å². The SMILES string of the molecule is O=C(Cn1cnc2nc(-c3cccnc3)ncc2c1=O)N1CCCc2ccccc21. The quantitative estimate of drug-likeness (QED) is 0.525. The molecule has 0 N–H and O–H groups in total. The van der Waals surface area contributed by atoms with Gasteiger partial charge in [0.15, 0.2) is 11.5 Å². The molecule has 3 aromatic heterocycles. The molecular formula is C22H18N6O2. The Balaban J connectivity index is 1.45. The first-order valence-electron chi connectivity index (χ1n) is 9.71. The van der Waals surface area contributed by atoms with Gasteiger partial charge >= 0.3 is 0 Å². The van der Waals surface area contributed by atoms with E-state index in [4.69, 9.17) is 0 Å². The highest BCUT2D eigenvalue weighted by molar-refractivity contribution is 5.94. The minimum absolute atomic E-state index is 0.0829. The van der Waals surface area contributed by atoms with Gasteiger partial charge in [-0.3, -0.25) is 19.1 Å². The first-order valence-corrected chi connectivity index (χ1v) is 9.71. The second-order valence-electron chi connectivity index (χ2n) is 7.13. The van der Waals surface area contributed by atoms with Crippen LogP contribution in [0.25, 0.3) is 22.4 Å². The number of pyridine rings is 1. The zero-order valence-corrected chi connectivity index (χ0v) is 16.1. The van der Waals surface area contributed by atoms with Crippen LogP contribution in [0.5, 0.6) is 0 Å². The largest absolute Gasteiger partial charge is 0.311 e. The van der Waals surface area contributed by atoms with Crippen molar-refractivity contribution in [1.29, 1.82) is 0 Å². The monoisotopic (exact) mass is 398 g/mol. The smallest absolute Gasteiger partial charge is 0.264 e. The number of hydrogen-bond acceptors (Lipinski definition) is 6. The molecule has 0 unspecified atom stereocenters. The molecule has 0 aliphatic carbocycles. The van der Waals surface area contributed by atoms with Crippen molar-refractivity contribution >= 4 is 22.6 Å². The average molecular weight is 398 g/mol. The lowest BCUT2D eigenvalue weighted by Crippen LogP contribution is -2.39. The van der Waals surface area contributed by atoms with Crippen molar-refractivity contribution in [2.45, 2.75) is 19.4 Å². The molecule has 0 fully saturated rings. The molecule has 1 aliphatic heterocycles. The van der Waals surface area contributed by atoms with Gasteiger partial charge in [-0.1, -0.05) is 18.2 Å². The van der Waals surface area contributed by atoms with Crippen LogP contribution in [0.15, 0.2) is 66.1 Å². The number of aryl methyl sites for hydroxylation is 1. The Morgan fingerprint density at radius 2 is 1.97 bits per heavy atom. The van der Waals surface area contributed by atoms with Crippen LogP contribution in [0, 0.1) is 0 Å². The molecule has 0 bridgehead atoms. The van der Waals surface area contributed by atoms with Gasteiger partial charge in [0, 0.05) is 36.4 Å². The van der Waals surface area contributed by atoms with Gasteiger partial charge in [0.05, 0.1) is 0 Å². The number of benzene rings is 1. The highest BCUT2D eigenvalue weighted by Gasteiger charge is 2.23. The van der Waals surface area contributed by atoms with Crippen molar-refractivity contribution in [3.63, 3.8) is 0 Å². The van der Waals surface area contributed by atoms with Crippen LogP contribution in [0.3, 0.4) is 0 Å². The van der Waals surface area contributed by atoms with E-state index >= 15 is 0 Å². The molecule has 4 aromatic rings. The lowest BCUT2D eigenvalue weighted by atomic mass is 10.0. The fourth-order valence-electron chi connectivity index (χ4n) is 3.72. The number of aromatic nitrogens is 5. The van der Waals surface area contributed by atoms with Gasteiger partial charge in [0.1, 0.15) is 18.3 Å². The van der Waals surface area contributed by atoms with E-state index in [1.54, 1.807) is 23.4 Å². The van der Waals surface area contributed by atoms with Crippen molar-refractivity contribution in [1.82, 2.24) is 24.5 Å². The number of anilines is 1. The number of fused-ring (bicyclic) bond motifs is 2. The second-order valence-corrected chi connectivity index (χ2v) is 7.13. The molecule has 148 valence electrons. The lowest BCUT2D eigenvalue weighted by molar-refractivity contribution is -0.119. The van der Waals surface area contributed by atoms with Crippen LogP contribution in [-0.4, -0.2) is 37.0 Å². The molecule has 8 heteroatoms. The van der Waals surface area contributed by atoms with Crippen molar-refractivity contribution < 1.29 is 4.79 Å². The number of para-hydroxylation sites is 1. The Bertz CT molecular complexity index is 1300. The molecule has 1 aromatic carbocycles. The summed E-state index contributed by atoms with van der Waals surface area (Å²) in [4.78, 5) is 44.6. The molecule has 1 aliphatic rings. The molecule has 1 amide bonds. The minimum Gasteiger partial charge on any atom is -0.311 e. The minimum atomic E-state index is -0.337. The third kappa shape index (κ3) is 3.22. The number of rotatable bonds is 3. The van der Waals surface area contributed by atoms with E-state index in [9.17, 15) is 9.59 Å². The standard InChI is InChI=1S/C22H18N6O2/c29-19(28-10-4-7-15-5-1-2-8-18(15)28)13-27-14-25-21-17(22(27)30)12-24-20(26-21)16-6-3-9-23-11-16/h1-3,5-6,8-9,11-12,14H,4,7,10,13H2. The fraction of sp³-hybridized carbons (Fsp3) is 0.182. The first-order chi connectivity index (χ1) is 14.7. The molecular weight excluding hydrogens is 380 g/mol. The van der Waals surface area contributed by atoms with Crippen molar-refractivity contribution in [2.24, 2.45) is 0 Å². The highest BCUT2D eigenvalue weighted by atomic mass is 16.2. The molecule has 0 saturated carbocycles. The zero-order valence-electron chi connectivity index (χ0n) is 16.1. The predicted molar refractivity (Wildman–Crippen MR) is 112 cm³/mol. The maximum absolute atomic E-state index is 13.0. The van der Waals surface area contributed by atoms with Gasteiger partial charge in [-0.05, 0) is 36.6 Å². The van der Waals surface area contributed by atoms with Crippen LogP contribution in [0.2, 0.25) is 0 Å². The molecule has 8 nitrogen and oxygen atoms in total. The molecule has 5 rings (SSSR count). The highest BCUT2D eigenvalue weighted by Crippen LogP contribution is 2.26. The maximum atomic E-state index is 13.0. The lowest BCUT2D eigenvalue weighted by Gasteiger charge is -2.29. The van der Waals surface area contributed by atoms with E-state index in [1.165, 1.54) is 17.1 Å². The van der Waals surface area contributed by atoms with Crippen LogP contribution in [0.4, 0.5) is 5.69 Å². The van der Waals surface area contributed by atoms with E-state index in [1.807, 2.05) is 30.3 Å². The average Bonchev–Trinajstić information content (AvgIpc) is 2.81. The Morgan fingerprint density at radius 3 is 2.83 bits per heavy atom. The Labute approximate surface area is 171 Å². The Morgan fingerprint density at radius 1 is 1.07 bits per heavy atom. The summed E-state index contributed by atoms with van der Waals surface area (Å²) in [7, 11) is 0. The number of carbonyl (C=O) groups is 1. The number of carbonyl (C=O) groups excluding carboxylic acids is 1. The molecule has 30 heavy (non-hydrogen) atoms. The molecule has 0 radical (unpaired) electrons. The van der Waals surface area contributed by atoms with Gasteiger partial charge in [0.2, 0.25) is 5.91 Å². The summed E-state index contributed by atoms with van der Waals surface area (Å²) in [6.07, 6.45) is 8.00. The summed E-state index contributed by atoms with van der Waals surface area (Å²) in [6, 6.07) is 11.5. The maximum Gasteiger partial charge on any atom is 0.264 e. The predicted octanol–water partition coefficient (Wildman–Crippen LogP) is 2.23. The van der Waals surface area contributed by atoms with Gasteiger partial charge in [-0.25, -0.2) is 15.0 Å². The molecule has 0 atom stereocenters. The van der Waals surface area contributed by atoms with E-state index in [0.717, 1.165) is 29.7 Å². The van der Waals surface area contributed by atoms with Gasteiger partial charge in [0.25, 0.3) is 5.56 Å². The van der Waals surface area contributed by atoms with Crippen LogP contribution >= 0.6 is 0 Å². The fourth-order valence-corrected chi connectivity index (χ4v) is 3.72. The topological polar surface area (TPSA) is 93.9 Å². The summed E-state index contributed by atoms with van der Waals surface area (Å²) in [5.74, 6) is 0.305. The van der Waals surface area contributed by atoms with E-state index in [-0.39, 0.29) is 23.4 Å². The third-order valence-electron chi connectivity index (χ3n) is 5.22. The van der Waals surface area contributed by atoms with E-state index in [0.29, 0.717) is 18.0 Å². The van der Waals surface area contributed by atoms with Crippen LogP contribution < -0.4 is 10.5 Å². The summed E-state index contributed by atoms with van der Waals surface area (Å²) in [5, 5.41) is 0.275. The molecule has 4 heterocycles. The van der Waals surface area contributed by atoms with Crippen molar-refractivity contribution in [2.75, 3.05) is 11.4 Å². The zero-order chi connectivity index (χ0) is 20.5. The van der Waals surface area contributed by atoms with E-state index < -0.39 is 0 Å². The van der Waals surface area contributed by atoms with Crippen LogP contribution in [-0.2, 0) is 17.8 Å². The first kappa shape index (κ1) is 18.1. The van der Waals surface area contributed by atoms with E-state index in [2.05, 4.69) is 19.9 Å². The van der Waals surface area contributed by atoms with Crippen molar-refractivity contribution in [3.8, 4) is 11.4 Å². The third-order valence-corrected chi connectivity index (χ3v) is 5.22. The summed E-state index contributed by atoms with van der Waals surface area (Å²) in [6.45, 7) is 0.559. The number of nitrogens with zero attached hydrogens (tertiary/aromatic N) is 6. The molecule has 0 spiro atoms.